The molecular weight excluding hydrogens is 342 g/mol. The zero-order chi connectivity index (χ0) is 20.1. The van der Waals surface area contributed by atoms with Gasteiger partial charge in [-0.15, -0.1) is 0 Å². The molecule has 0 aliphatic carbocycles. The summed E-state index contributed by atoms with van der Waals surface area (Å²) in [5.41, 5.74) is 5.04. The van der Waals surface area contributed by atoms with Crippen molar-refractivity contribution in [3.8, 4) is 34.5 Å². The maximum absolute atomic E-state index is 10.9. The summed E-state index contributed by atoms with van der Waals surface area (Å²) >= 11 is 0. The van der Waals surface area contributed by atoms with Gasteiger partial charge in [-0.2, -0.15) is 0 Å². The second-order valence-electron chi connectivity index (χ2n) is 6.50. The number of anilines is 1. The van der Waals surface area contributed by atoms with Gasteiger partial charge < -0.3 is 19.9 Å². The Balaban J connectivity index is 2.69. The molecule has 2 aromatic carbocycles. The molecule has 2 rings (SSSR count). The first-order valence-corrected chi connectivity index (χ1v) is 8.67. The average Bonchev–Trinajstić information content (AvgIpc) is 2.61. The molecule has 0 radical (unpaired) electrons. The number of carbonyl (C=O) groups is 1. The highest BCUT2D eigenvalue weighted by Crippen LogP contribution is 2.43. The lowest BCUT2D eigenvalue weighted by atomic mass is 9.92. The third-order valence-corrected chi connectivity index (χ3v) is 4.22. The van der Waals surface area contributed by atoms with E-state index in [0.717, 1.165) is 27.9 Å². The summed E-state index contributed by atoms with van der Waals surface area (Å²) in [7, 11) is 3.15. The molecule has 0 spiro atoms. The Kier molecular flexibility index (Phi) is 6.36. The average molecular weight is 367 g/mol. The van der Waals surface area contributed by atoms with Gasteiger partial charge in [-0.25, -0.2) is 4.79 Å². The van der Waals surface area contributed by atoms with E-state index >= 15 is 0 Å². The number of nitrogens with one attached hydrogen (secondary N) is 1. The number of hydrogen-bond acceptors (Lipinski definition) is 4. The number of rotatable bonds is 5. The summed E-state index contributed by atoms with van der Waals surface area (Å²) in [6, 6.07) is 8.44. The van der Waals surface area contributed by atoms with Crippen LogP contribution in [0.4, 0.5) is 5.69 Å². The van der Waals surface area contributed by atoms with Crippen molar-refractivity contribution in [3.63, 3.8) is 0 Å². The molecule has 0 aliphatic heterocycles. The first kappa shape index (κ1) is 20.2. The van der Waals surface area contributed by atoms with Crippen molar-refractivity contribution in [1.82, 2.24) is 0 Å². The Morgan fingerprint density at radius 2 is 1.63 bits per heavy atom. The van der Waals surface area contributed by atoms with E-state index in [1.54, 1.807) is 14.2 Å². The van der Waals surface area contributed by atoms with Crippen LogP contribution in [0.1, 0.15) is 30.5 Å². The minimum absolute atomic E-state index is 0.349. The van der Waals surface area contributed by atoms with Crippen molar-refractivity contribution in [1.29, 1.82) is 0 Å². The zero-order valence-corrected chi connectivity index (χ0v) is 16.6. The van der Waals surface area contributed by atoms with Crippen molar-refractivity contribution in [2.24, 2.45) is 0 Å². The van der Waals surface area contributed by atoms with E-state index in [4.69, 9.17) is 14.6 Å². The van der Waals surface area contributed by atoms with Crippen molar-refractivity contribution < 1.29 is 19.4 Å². The van der Waals surface area contributed by atoms with Crippen LogP contribution >= 0.6 is 0 Å². The monoisotopic (exact) mass is 367 g/mol. The Labute approximate surface area is 160 Å². The van der Waals surface area contributed by atoms with Crippen LogP contribution in [0.25, 0.3) is 11.1 Å². The van der Waals surface area contributed by atoms with Crippen LogP contribution in [-0.4, -0.2) is 31.3 Å². The Bertz CT molecular complexity index is 903. The topological polar surface area (TPSA) is 67.8 Å². The van der Waals surface area contributed by atoms with Crippen molar-refractivity contribution >= 4 is 11.7 Å². The minimum atomic E-state index is -1.19. The van der Waals surface area contributed by atoms with Gasteiger partial charge in [0.1, 0.15) is 11.5 Å². The Morgan fingerprint density at radius 1 is 1.04 bits per heavy atom. The summed E-state index contributed by atoms with van der Waals surface area (Å²) < 4.78 is 11.2. The molecule has 0 heterocycles. The number of benzene rings is 2. The van der Waals surface area contributed by atoms with Crippen molar-refractivity contribution in [2.45, 2.75) is 33.7 Å². The largest absolute Gasteiger partial charge is 0.496 e. The summed E-state index contributed by atoms with van der Waals surface area (Å²) in [4.78, 5) is 10.9. The Hall–Kier alpha value is -3.13. The van der Waals surface area contributed by atoms with Gasteiger partial charge in [0.2, 0.25) is 0 Å². The van der Waals surface area contributed by atoms with Gasteiger partial charge in [0.05, 0.1) is 19.8 Å². The second-order valence-corrected chi connectivity index (χ2v) is 6.50. The molecule has 0 unspecified atom stereocenters. The quantitative estimate of drug-likeness (QED) is 0.774. The van der Waals surface area contributed by atoms with Gasteiger partial charge in [-0.05, 0) is 45.4 Å². The standard InChI is InChI=1S/C22H25NO4/c1-13(2)23-17-9-7-16(8-10-17)20-15(4)21(26-5)18(11-12-19(24)25)14(3)22(20)27-6/h7-10,13,23H,1-6H3,(H,24,25). The summed E-state index contributed by atoms with van der Waals surface area (Å²) in [6.45, 7) is 7.95. The van der Waals surface area contributed by atoms with Crippen LogP contribution in [0.5, 0.6) is 11.5 Å². The van der Waals surface area contributed by atoms with Crippen LogP contribution < -0.4 is 14.8 Å². The fourth-order valence-electron chi connectivity index (χ4n) is 3.13. The molecule has 5 nitrogen and oxygen atoms in total. The number of hydrogen-bond donors (Lipinski definition) is 2. The van der Waals surface area contributed by atoms with Crippen LogP contribution in [0, 0.1) is 25.7 Å². The van der Waals surface area contributed by atoms with Gasteiger partial charge >= 0.3 is 5.97 Å². The lowest BCUT2D eigenvalue weighted by molar-refractivity contribution is -0.130. The van der Waals surface area contributed by atoms with Gasteiger partial charge in [0.25, 0.3) is 0 Å². The number of carboxylic acids is 1. The minimum Gasteiger partial charge on any atom is -0.496 e. The Morgan fingerprint density at radius 3 is 2.11 bits per heavy atom. The molecule has 2 aromatic rings. The van der Waals surface area contributed by atoms with E-state index in [0.29, 0.717) is 23.1 Å². The molecule has 0 atom stereocenters. The van der Waals surface area contributed by atoms with E-state index in [9.17, 15) is 4.79 Å². The first-order valence-electron chi connectivity index (χ1n) is 8.67. The first-order chi connectivity index (χ1) is 12.8. The van der Waals surface area contributed by atoms with Gasteiger partial charge in [-0.3, -0.25) is 0 Å². The molecule has 0 aromatic heterocycles. The third kappa shape index (κ3) is 4.35. The molecule has 0 saturated carbocycles. The molecular formula is C22H25NO4. The van der Waals surface area contributed by atoms with E-state index in [1.165, 1.54) is 0 Å². The van der Waals surface area contributed by atoms with E-state index in [1.807, 2.05) is 38.1 Å². The SMILES string of the molecule is COc1c(C)c(-c2ccc(NC(C)C)cc2)c(OC)c(C)c1C#CC(=O)O. The normalized spacial score (nSPS) is 10.2. The highest BCUT2D eigenvalue weighted by molar-refractivity contribution is 5.88. The number of ether oxygens (including phenoxy) is 2. The zero-order valence-electron chi connectivity index (χ0n) is 16.6. The summed E-state index contributed by atoms with van der Waals surface area (Å²) in [6.07, 6.45) is 0. The molecule has 2 N–H and O–H groups in total. The number of carboxylic acid groups (broad SMARTS) is 1. The summed E-state index contributed by atoms with van der Waals surface area (Å²) in [5, 5.41) is 12.3. The lowest BCUT2D eigenvalue weighted by Gasteiger charge is -2.20. The highest BCUT2D eigenvalue weighted by atomic mass is 16.5. The van der Waals surface area contributed by atoms with Crippen LogP contribution in [0.3, 0.4) is 0 Å². The molecule has 0 amide bonds. The molecule has 0 saturated heterocycles. The molecule has 5 heteroatoms. The van der Waals surface area contributed by atoms with Crippen LogP contribution in [0.2, 0.25) is 0 Å². The van der Waals surface area contributed by atoms with Crippen LogP contribution in [0.15, 0.2) is 24.3 Å². The van der Waals surface area contributed by atoms with Gasteiger partial charge in [0.15, 0.2) is 0 Å². The third-order valence-electron chi connectivity index (χ3n) is 4.22. The van der Waals surface area contributed by atoms with Crippen LogP contribution in [-0.2, 0) is 4.79 Å². The van der Waals surface area contributed by atoms with Gasteiger partial charge in [0, 0.05) is 34.3 Å². The highest BCUT2D eigenvalue weighted by Gasteiger charge is 2.21. The van der Waals surface area contributed by atoms with E-state index in [2.05, 4.69) is 31.0 Å². The van der Waals surface area contributed by atoms with Crippen molar-refractivity contribution in [2.75, 3.05) is 19.5 Å². The second kappa shape index (κ2) is 8.50. The lowest BCUT2D eigenvalue weighted by Crippen LogP contribution is -2.09. The maximum Gasteiger partial charge on any atom is 0.382 e. The fourth-order valence-corrected chi connectivity index (χ4v) is 3.13. The molecule has 142 valence electrons. The molecule has 27 heavy (non-hydrogen) atoms. The van der Waals surface area contributed by atoms with E-state index in [-0.39, 0.29) is 0 Å². The predicted octanol–water partition coefficient (Wildman–Crippen LogP) is 4.24. The number of methoxy groups -OCH3 is 2. The molecule has 0 aliphatic rings. The van der Waals surface area contributed by atoms with Gasteiger partial charge in [-0.1, -0.05) is 18.1 Å². The molecule has 0 bridgehead atoms. The number of aliphatic carboxylic acids is 1. The predicted molar refractivity (Wildman–Crippen MR) is 108 cm³/mol. The molecule has 0 fully saturated rings. The van der Waals surface area contributed by atoms with E-state index < -0.39 is 5.97 Å². The smallest absolute Gasteiger partial charge is 0.382 e. The van der Waals surface area contributed by atoms with Crippen molar-refractivity contribution in [3.05, 3.63) is 41.0 Å². The maximum atomic E-state index is 10.9. The fraction of sp³-hybridized carbons (Fsp3) is 0.318. The summed E-state index contributed by atoms with van der Waals surface area (Å²) in [5.74, 6) is 4.88.